The van der Waals surface area contributed by atoms with E-state index in [9.17, 15) is 9.59 Å². The molecule has 3 N–H and O–H groups in total. The van der Waals surface area contributed by atoms with Crippen molar-refractivity contribution in [2.45, 2.75) is 18.9 Å². The molecule has 7 heteroatoms. The van der Waals surface area contributed by atoms with Gasteiger partial charge in [0.1, 0.15) is 6.61 Å². The van der Waals surface area contributed by atoms with Crippen molar-refractivity contribution < 1.29 is 19.4 Å². The number of rotatable bonds is 6. The van der Waals surface area contributed by atoms with Gasteiger partial charge in [0.2, 0.25) is 0 Å². The molecule has 1 heterocycles. The van der Waals surface area contributed by atoms with Crippen molar-refractivity contribution in [2.75, 3.05) is 31.3 Å². The zero-order valence-electron chi connectivity index (χ0n) is 9.61. The molecule has 2 amide bonds. The van der Waals surface area contributed by atoms with Crippen molar-refractivity contribution in [1.29, 1.82) is 0 Å². The number of carbonyl (C=O) groups excluding carboxylic acids is 1. The first-order chi connectivity index (χ1) is 8.18. The van der Waals surface area contributed by atoms with Crippen LogP contribution >= 0.6 is 11.8 Å². The van der Waals surface area contributed by atoms with E-state index >= 15 is 0 Å². The third-order valence-electron chi connectivity index (χ3n) is 2.31. The van der Waals surface area contributed by atoms with E-state index in [4.69, 9.17) is 9.84 Å². The summed E-state index contributed by atoms with van der Waals surface area (Å²) in [6.45, 7) is 0.198. The van der Waals surface area contributed by atoms with Crippen molar-refractivity contribution in [3.63, 3.8) is 0 Å². The zero-order chi connectivity index (χ0) is 12.5. The number of carboxylic acid groups (broad SMARTS) is 1. The van der Waals surface area contributed by atoms with Crippen LogP contribution in [-0.4, -0.2) is 54.4 Å². The Balaban J connectivity index is 1.98. The van der Waals surface area contributed by atoms with Crippen molar-refractivity contribution in [1.82, 2.24) is 10.6 Å². The van der Waals surface area contributed by atoms with Crippen LogP contribution in [0.25, 0.3) is 0 Å². The maximum atomic E-state index is 11.4. The molecule has 1 aliphatic heterocycles. The molecule has 0 aromatic heterocycles. The zero-order valence-corrected chi connectivity index (χ0v) is 10.4. The third-order valence-corrected chi connectivity index (χ3v) is 3.36. The van der Waals surface area contributed by atoms with E-state index in [0.29, 0.717) is 6.54 Å². The summed E-state index contributed by atoms with van der Waals surface area (Å²) in [4.78, 5) is 21.5. The van der Waals surface area contributed by atoms with Crippen LogP contribution < -0.4 is 10.6 Å². The lowest BCUT2D eigenvalue weighted by Gasteiger charge is -2.22. The molecule has 17 heavy (non-hydrogen) atoms. The summed E-state index contributed by atoms with van der Waals surface area (Å²) < 4.78 is 4.79. The number of thioether (sulfide) groups is 1. The number of carbonyl (C=O) groups is 2. The van der Waals surface area contributed by atoms with Gasteiger partial charge < -0.3 is 20.5 Å². The quantitative estimate of drug-likeness (QED) is 0.599. The number of aliphatic carboxylic acids is 1. The van der Waals surface area contributed by atoms with Gasteiger partial charge in [-0.15, -0.1) is 0 Å². The van der Waals surface area contributed by atoms with Crippen LogP contribution in [0.2, 0.25) is 0 Å². The number of urea groups is 1. The van der Waals surface area contributed by atoms with Gasteiger partial charge in [-0.1, -0.05) is 0 Å². The average molecular weight is 262 g/mol. The summed E-state index contributed by atoms with van der Waals surface area (Å²) in [6, 6.07) is 0.0528. The average Bonchev–Trinajstić information content (AvgIpc) is 2.29. The predicted octanol–water partition coefficient (Wildman–Crippen LogP) is 0.282. The molecule has 0 aliphatic carbocycles. The second kappa shape index (κ2) is 8.19. The van der Waals surface area contributed by atoms with E-state index in [1.54, 1.807) is 0 Å². The maximum Gasteiger partial charge on any atom is 0.329 e. The van der Waals surface area contributed by atoms with E-state index < -0.39 is 5.97 Å². The van der Waals surface area contributed by atoms with Crippen LogP contribution in [0.3, 0.4) is 0 Å². The van der Waals surface area contributed by atoms with E-state index in [1.165, 1.54) is 0 Å². The Morgan fingerprint density at radius 1 is 1.35 bits per heavy atom. The smallest absolute Gasteiger partial charge is 0.329 e. The molecule has 0 atom stereocenters. The van der Waals surface area contributed by atoms with Gasteiger partial charge in [0, 0.05) is 12.6 Å². The molecule has 0 aromatic rings. The van der Waals surface area contributed by atoms with Gasteiger partial charge in [0.15, 0.2) is 0 Å². The van der Waals surface area contributed by atoms with Crippen LogP contribution in [0.5, 0.6) is 0 Å². The highest BCUT2D eigenvalue weighted by Gasteiger charge is 2.15. The first kappa shape index (κ1) is 14.1. The second-order valence-electron chi connectivity index (χ2n) is 3.73. The summed E-state index contributed by atoms with van der Waals surface area (Å²) >= 11 is 1.91. The first-order valence-electron chi connectivity index (χ1n) is 5.60. The number of hydrogen-bond acceptors (Lipinski definition) is 4. The fraction of sp³-hybridized carbons (Fsp3) is 0.800. The summed E-state index contributed by atoms with van der Waals surface area (Å²) in [5.41, 5.74) is 0. The molecular formula is C10H18N2O4S. The van der Waals surface area contributed by atoms with Crippen molar-refractivity contribution in [3.8, 4) is 0 Å². The first-order valence-corrected chi connectivity index (χ1v) is 6.75. The van der Waals surface area contributed by atoms with E-state index in [1.807, 2.05) is 11.8 Å². The van der Waals surface area contributed by atoms with Gasteiger partial charge in [-0.2, -0.15) is 11.8 Å². The van der Waals surface area contributed by atoms with Crippen molar-refractivity contribution in [3.05, 3.63) is 0 Å². The lowest BCUT2D eigenvalue weighted by Crippen LogP contribution is -2.44. The molecule has 98 valence electrons. The van der Waals surface area contributed by atoms with Crippen molar-refractivity contribution in [2.24, 2.45) is 0 Å². The van der Waals surface area contributed by atoms with Gasteiger partial charge in [0.25, 0.3) is 0 Å². The van der Waals surface area contributed by atoms with Gasteiger partial charge in [-0.3, -0.25) is 0 Å². The highest BCUT2D eigenvalue weighted by atomic mass is 32.2. The summed E-state index contributed by atoms with van der Waals surface area (Å²) in [5, 5.41) is 13.8. The van der Waals surface area contributed by atoms with Crippen molar-refractivity contribution >= 4 is 23.8 Å². The molecule has 1 fully saturated rings. The van der Waals surface area contributed by atoms with Gasteiger partial charge >= 0.3 is 12.0 Å². The number of carboxylic acids is 1. The highest BCUT2D eigenvalue weighted by Crippen LogP contribution is 2.16. The fourth-order valence-corrected chi connectivity index (χ4v) is 2.58. The van der Waals surface area contributed by atoms with Gasteiger partial charge in [0.05, 0.1) is 6.61 Å². The maximum absolute atomic E-state index is 11.4. The second-order valence-corrected chi connectivity index (χ2v) is 4.96. The minimum atomic E-state index is -1.01. The molecule has 0 saturated carbocycles. The predicted molar refractivity (Wildman–Crippen MR) is 65.3 cm³/mol. The standard InChI is InChI=1S/C10H18N2O4S/c13-9(14)7-16-4-3-11-10(15)12-8-1-5-17-6-2-8/h8H,1-7H2,(H,13,14)(H2,11,12,15). The summed E-state index contributed by atoms with van der Waals surface area (Å²) in [7, 11) is 0. The van der Waals surface area contributed by atoms with E-state index in [2.05, 4.69) is 10.6 Å². The van der Waals surface area contributed by atoms with Gasteiger partial charge in [-0.25, -0.2) is 9.59 Å². The molecule has 0 radical (unpaired) electrons. The van der Waals surface area contributed by atoms with E-state index in [-0.39, 0.29) is 25.3 Å². The molecule has 0 unspecified atom stereocenters. The monoisotopic (exact) mass is 262 g/mol. The summed E-state index contributed by atoms with van der Waals surface area (Å²) in [6.07, 6.45) is 2.02. The van der Waals surface area contributed by atoms with E-state index in [0.717, 1.165) is 24.3 Å². The Hall–Kier alpha value is -0.950. The van der Waals surface area contributed by atoms with Crippen LogP contribution in [0.15, 0.2) is 0 Å². The Morgan fingerprint density at radius 2 is 2.06 bits per heavy atom. The summed E-state index contributed by atoms with van der Waals surface area (Å²) in [5.74, 6) is 1.17. The third kappa shape index (κ3) is 7.06. The largest absolute Gasteiger partial charge is 0.480 e. The van der Waals surface area contributed by atoms with Crippen LogP contribution in [0, 0.1) is 0 Å². The lowest BCUT2D eigenvalue weighted by atomic mass is 10.2. The number of amides is 2. The molecule has 0 aromatic carbocycles. The minimum absolute atomic E-state index is 0.208. The molecule has 1 saturated heterocycles. The molecule has 1 aliphatic rings. The molecule has 1 rings (SSSR count). The topological polar surface area (TPSA) is 87.7 Å². The normalized spacial score (nSPS) is 16.5. The van der Waals surface area contributed by atoms with Crippen LogP contribution in [0.1, 0.15) is 12.8 Å². The van der Waals surface area contributed by atoms with Gasteiger partial charge in [-0.05, 0) is 24.3 Å². The highest BCUT2D eigenvalue weighted by molar-refractivity contribution is 7.99. The number of hydrogen-bond donors (Lipinski definition) is 3. The fourth-order valence-electron chi connectivity index (χ4n) is 1.47. The molecule has 0 spiro atoms. The Morgan fingerprint density at radius 3 is 2.71 bits per heavy atom. The Labute approximate surface area is 104 Å². The number of nitrogens with one attached hydrogen (secondary N) is 2. The number of ether oxygens (including phenoxy) is 1. The van der Waals surface area contributed by atoms with Crippen LogP contribution in [-0.2, 0) is 9.53 Å². The SMILES string of the molecule is O=C(O)COCCNC(=O)NC1CCSCC1. The Bertz CT molecular complexity index is 257. The van der Waals surface area contributed by atoms with Crippen LogP contribution in [0.4, 0.5) is 4.79 Å². The minimum Gasteiger partial charge on any atom is -0.480 e. The molecule has 0 bridgehead atoms. The Kier molecular flexibility index (Phi) is 6.80. The molecular weight excluding hydrogens is 244 g/mol. The molecule has 6 nitrogen and oxygen atoms in total. The lowest BCUT2D eigenvalue weighted by molar-refractivity contribution is -0.142.